The van der Waals surface area contributed by atoms with Crippen LogP contribution >= 0.6 is 23.1 Å². The van der Waals surface area contributed by atoms with E-state index < -0.39 is 0 Å². The molecule has 0 aliphatic rings. The third kappa shape index (κ3) is 4.88. The third-order valence-corrected chi connectivity index (χ3v) is 6.69. The molecule has 160 valence electrons. The van der Waals surface area contributed by atoms with Crippen LogP contribution in [0.4, 0.5) is 5.69 Å². The number of anilines is 1. The summed E-state index contributed by atoms with van der Waals surface area (Å²) in [5.74, 6) is 1.53. The molecule has 2 heterocycles. The molecule has 0 radical (unpaired) electrons. The molecule has 4 aromatic rings. The van der Waals surface area contributed by atoms with Gasteiger partial charge in [0.15, 0.2) is 10.2 Å². The number of hydrogen-bond donors (Lipinski definition) is 1. The number of benzene rings is 2. The first-order valence-electron chi connectivity index (χ1n) is 9.73. The van der Waals surface area contributed by atoms with Gasteiger partial charge in [-0.3, -0.25) is 4.79 Å². The molecule has 0 bridgehead atoms. The number of carbonyl (C=O) groups is 1. The average molecular weight is 454 g/mol. The number of amides is 1. The molecule has 7 nitrogen and oxygen atoms in total. The molecule has 0 saturated heterocycles. The summed E-state index contributed by atoms with van der Waals surface area (Å²) < 4.78 is 7.68. The van der Waals surface area contributed by atoms with E-state index in [9.17, 15) is 4.79 Å². The molecule has 0 unspecified atom stereocenters. The number of ether oxygens (including phenoxy) is 1. The Labute approximate surface area is 188 Å². The Hall–Kier alpha value is -2.91. The van der Waals surface area contributed by atoms with Crippen molar-refractivity contribution in [2.75, 3.05) is 18.2 Å². The Bertz CT molecular complexity index is 1210. The van der Waals surface area contributed by atoms with Crippen LogP contribution in [-0.4, -0.2) is 38.6 Å². The van der Waals surface area contributed by atoms with Gasteiger partial charge < -0.3 is 10.1 Å². The maximum atomic E-state index is 12.3. The van der Waals surface area contributed by atoms with Crippen LogP contribution in [0.2, 0.25) is 0 Å². The van der Waals surface area contributed by atoms with E-state index in [0.717, 1.165) is 9.90 Å². The number of aromatic nitrogens is 4. The fraction of sp³-hybridized carbons (Fsp3) is 0.273. The zero-order valence-electron chi connectivity index (χ0n) is 17.7. The van der Waals surface area contributed by atoms with E-state index in [4.69, 9.17) is 4.74 Å². The van der Waals surface area contributed by atoms with Gasteiger partial charge in [0.25, 0.3) is 0 Å². The molecule has 0 aliphatic heterocycles. The van der Waals surface area contributed by atoms with Crippen molar-refractivity contribution in [1.82, 2.24) is 19.8 Å². The van der Waals surface area contributed by atoms with Crippen molar-refractivity contribution in [3.8, 4) is 17.1 Å². The smallest absolute Gasteiger partial charge is 0.235 e. The van der Waals surface area contributed by atoms with Crippen LogP contribution in [-0.2, 0) is 10.2 Å². The summed E-state index contributed by atoms with van der Waals surface area (Å²) in [4.78, 5) is 13.0. The fourth-order valence-corrected chi connectivity index (χ4v) is 4.66. The zero-order valence-corrected chi connectivity index (χ0v) is 19.4. The lowest BCUT2D eigenvalue weighted by Gasteiger charge is -2.18. The molecule has 0 fully saturated rings. The van der Waals surface area contributed by atoms with Crippen LogP contribution in [0.1, 0.15) is 26.3 Å². The van der Waals surface area contributed by atoms with Gasteiger partial charge in [-0.2, -0.15) is 4.52 Å². The Morgan fingerprint density at radius 1 is 1.16 bits per heavy atom. The lowest BCUT2D eigenvalue weighted by molar-refractivity contribution is -0.113. The average Bonchev–Trinajstić information content (AvgIpc) is 3.32. The Balaban J connectivity index is 1.44. The highest BCUT2D eigenvalue weighted by Gasteiger charge is 2.17. The molecule has 31 heavy (non-hydrogen) atoms. The normalized spacial score (nSPS) is 11.6. The van der Waals surface area contributed by atoms with Crippen LogP contribution in [0.15, 0.2) is 52.9 Å². The van der Waals surface area contributed by atoms with Gasteiger partial charge in [-0.1, -0.05) is 74.2 Å². The van der Waals surface area contributed by atoms with E-state index in [1.165, 1.54) is 28.7 Å². The van der Waals surface area contributed by atoms with Crippen molar-refractivity contribution in [1.29, 1.82) is 0 Å². The highest BCUT2D eigenvalue weighted by atomic mass is 32.2. The number of hydrogen-bond acceptors (Lipinski definition) is 7. The van der Waals surface area contributed by atoms with Crippen LogP contribution in [0.25, 0.3) is 16.3 Å². The summed E-state index contributed by atoms with van der Waals surface area (Å²) in [6.07, 6.45) is 0. The number of nitrogens with zero attached hydrogens (tertiary/aromatic N) is 4. The minimum absolute atomic E-state index is 0.0919. The number of carbonyl (C=O) groups excluding carboxylic acids is 1. The third-order valence-electron chi connectivity index (χ3n) is 4.66. The van der Waals surface area contributed by atoms with Gasteiger partial charge >= 0.3 is 0 Å². The molecule has 2 aromatic heterocycles. The standard InChI is InChI=1S/C22H23N5O2S2/c1-22(2,3)15-10-8-14(9-11-15)19-24-25-20-27(19)26-21(31-20)30-13-18(28)23-16-6-5-7-17(12-16)29-4/h5-12H,13H2,1-4H3,(H,23,28). The van der Waals surface area contributed by atoms with Gasteiger partial charge in [0, 0.05) is 17.3 Å². The molecular formula is C22H23N5O2S2. The monoisotopic (exact) mass is 453 g/mol. The maximum Gasteiger partial charge on any atom is 0.235 e. The molecule has 1 N–H and O–H groups in total. The van der Waals surface area contributed by atoms with Gasteiger partial charge in [-0.15, -0.1) is 15.3 Å². The lowest BCUT2D eigenvalue weighted by atomic mass is 9.87. The summed E-state index contributed by atoms with van der Waals surface area (Å²) in [7, 11) is 1.59. The lowest BCUT2D eigenvalue weighted by Crippen LogP contribution is -2.13. The number of thioether (sulfide) groups is 1. The minimum atomic E-state index is -0.109. The van der Waals surface area contributed by atoms with Gasteiger partial charge in [0.05, 0.1) is 12.9 Å². The molecule has 9 heteroatoms. The van der Waals surface area contributed by atoms with Crippen LogP contribution in [0.5, 0.6) is 5.75 Å². The molecule has 0 atom stereocenters. The predicted octanol–water partition coefficient (Wildman–Crippen LogP) is 4.89. The molecule has 1 amide bonds. The van der Waals surface area contributed by atoms with Gasteiger partial charge in [0.1, 0.15) is 5.75 Å². The molecular weight excluding hydrogens is 430 g/mol. The van der Waals surface area contributed by atoms with Crippen LogP contribution < -0.4 is 10.1 Å². The first-order chi connectivity index (χ1) is 14.8. The van der Waals surface area contributed by atoms with Crippen LogP contribution in [0, 0.1) is 0 Å². The molecule has 0 saturated carbocycles. The summed E-state index contributed by atoms with van der Waals surface area (Å²) in [6, 6.07) is 15.6. The van der Waals surface area contributed by atoms with Gasteiger partial charge in [0.2, 0.25) is 10.9 Å². The SMILES string of the molecule is COc1cccc(NC(=O)CSc2nn3c(-c4ccc(C(C)(C)C)cc4)nnc3s2)c1. The maximum absolute atomic E-state index is 12.3. The summed E-state index contributed by atoms with van der Waals surface area (Å²) in [5.41, 5.74) is 3.00. The second-order valence-corrected chi connectivity index (χ2v) is 10.2. The van der Waals surface area contributed by atoms with Crippen molar-refractivity contribution in [3.05, 3.63) is 54.1 Å². The second kappa shape index (κ2) is 8.68. The first-order valence-corrected chi connectivity index (χ1v) is 11.5. The first kappa shape index (κ1) is 21.3. The van der Waals surface area contributed by atoms with E-state index in [1.807, 2.05) is 30.3 Å². The van der Waals surface area contributed by atoms with E-state index >= 15 is 0 Å². The summed E-state index contributed by atoms with van der Waals surface area (Å²) >= 11 is 2.79. The number of rotatable bonds is 6. The quantitative estimate of drug-likeness (QED) is 0.419. The topological polar surface area (TPSA) is 81.4 Å². The van der Waals surface area contributed by atoms with Gasteiger partial charge in [-0.25, -0.2) is 0 Å². The molecule has 0 spiro atoms. The van der Waals surface area contributed by atoms with Crippen molar-refractivity contribution in [3.63, 3.8) is 0 Å². The number of methoxy groups -OCH3 is 1. The summed E-state index contributed by atoms with van der Waals surface area (Å²) in [6.45, 7) is 6.56. The minimum Gasteiger partial charge on any atom is -0.497 e. The Kier molecular flexibility index (Phi) is 5.97. The predicted molar refractivity (Wildman–Crippen MR) is 125 cm³/mol. The van der Waals surface area contributed by atoms with Crippen molar-refractivity contribution < 1.29 is 9.53 Å². The second-order valence-electron chi connectivity index (χ2n) is 7.98. The van der Waals surface area contributed by atoms with E-state index in [2.05, 4.69) is 53.5 Å². The molecule has 4 rings (SSSR count). The Morgan fingerprint density at radius 2 is 1.94 bits per heavy atom. The van der Waals surface area contributed by atoms with E-state index in [0.29, 0.717) is 22.2 Å². The van der Waals surface area contributed by atoms with Crippen molar-refractivity contribution in [2.24, 2.45) is 0 Å². The van der Waals surface area contributed by atoms with Crippen LogP contribution in [0.3, 0.4) is 0 Å². The number of fused-ring (bicyclic) bond motifs is 1. The Morgan fingerprint density at radius 3 is 2.65 bits per heavy atom. The largest absolute Gasteiger partial charge is 0.497 e. The highest BCUT2D eigenvalue weighted by Crippen LogP contribution is 2.29. The summed E-state index contributed by atoms with van der Waals surface area (Å²) in [5, 5.41) is 16.0. The van der Waals surface area contributed by atoms with Crippen molar-refractivity contribution >= 4 is 39.7 Å². The molecule has 0 aliphatic carbocycles. The van der Waals surface area contributed by atoms with Crippen molar-refractivity contribution in [2.45, 2.75) is 30.5 Å². The van der Waals surface area contributed by atoms with E-state index in [1.54, 1.807) is 17.7 Å². The van der Waals surface area contributed by atoms with E-state index in [-0.39, 0.29) is 17.1 Å². The zero-order chi connectivity index (χ0) is 22.0. The molecule has 2 aromatic carbocycles. The van der Waals surface area contributed by atoms with Gasteiger partial charge in [-0.05, 0) is 23.1 Å². The highest BCUT2D eigenvalue weighted by molar-refractivity contribution is 8.01. The fourth-order valence-electron chi connectivity index (χ4n) is 2.98. The number of nitrogens with one attached hydrogen (secondary N) is 1.